The third-order valence-corrected chi connectivity index (χ3v) is 5.07. The highest BCUT2D eigenvalue weighted by Gasteiger charge is 2.32. The Labute approximate surface area is 164 Å². The summed E-state index contributed by atoms with van der Waals surface area (Å²) in [7, 11) is 0. The van der Waals surface area contributed by atoms with Crippen LogP contribution in [0.4, 0.5) is 5.69 Å². The molecule has 1 saturated heterocycles. The van der Waals surface area contributed by atoms with Gasteiger partial charge in [-0.2, -0.15) is 10.1 Å². The minimum Gasteiger partial charge on any atom is -0.507 e. The van der Waals surface area contributed by atoms with Gasteiger partial charge in [-0.3, -0.25) is 14.9 Å². The number of amides is 1. The number of hydrogen-bond donors (Lipinski definition) is 1. The Kier molecular flexibility index (Phi) is 5.33. The molecule has 1 fully saturated rings. The molecule has 0 aliphatic carbocycles. The van der Waals surface area contributed by atoms with Gasteiger partial charge in [0.05, 0.1) is 16.0 Å². The van der Waals surface area contributed by atoms with Crippen molar-refractivity contribution in [1.82, 2.24) is 5.01 Å². The van der Waals surface area contributed by atoms with E-state index in [0.29, 0.717) is 4.91 Å². The molecule has 0 atom stereocenters. The van der Waals surface area contributed by atoms with Gasteiger partial charge in [-0.15, -0.1) is 0 Å². The highest BCUT2D eigenvalue weighted by Crippen LogP contribution is 2.33. The van der Waals surface area contributed by atoms with Crippen LogP contribution in [0.2, 0.25) is 0 Å². The zero-order valence-corrected chi connectivity index (χ0v) is 15.7. The van der Waals surface area contributed by atoms with Crippen LogP contribution < -0.4 is 0 Å². The van der Waals surface area contributed by atoms with E-state index in [9.17, 15) is 20.0 Å². The molecule has 1 aliphatic rings. The van der Waals surface area contributed by atoms with Crippen molar-refractivity contribution in [3.8, 4) is 5.75 Å². The number of thioether (sulfide) groups is 1. The summed E-state index contributed by atoms with van der Waals surface area (Å²) >= 11 is 6.32. The summed E-state index contributed by atoms with van der Waals surface area (Å²) < 4.78 is 0.237. The van der Waals surface area contributed by atoms with Crippen molar-refractivity contribution < 1.29 is 14.8 Å². The summed E-state index contributed by atoms with van der Waals surface area (Å²) in [5, 5.41) is 25.7. The second-order valence-electron chi connectivity index (χ2n) is 5.59. The molecule has 9 heteroatoms. The number of phenols is 1. The number of nitro benzene ring substituents is 1. The van der Waals surface area contributed by atoms with Crippen molar-refractivity contribution in [3.63, 3.8) is 0 Å². The van der Waals surface area contributed by atoms with Gasteiger partial charge in [0, 0.05) is 17.7 Å². The van der Waals surface area contributed by atoms with E-state index in [1.807, 2.05) is 31.2 Å². The number of nitro groups is 1. The van der Waals surface area contributed by atoms with Crippen molar-refractivity contribution in [2.75, 3.05) is 0 Å². The molecule has 0 radical (unpaired) electrons. The van der Waals surface area contributed by atoms with Crippen LogP contribution in [-0.2, 0) is 4.79 Å². The first kappa shape index (κ1) is 18.7. The molecule has 0 spiro atoms. The second-order valence-corrected chi connectivity index (χ2v) is 7.27. The number of hydrazone groups is 1. The average molecular weight is 399 g/mol. The zero-order chi connectivity index (χ0) is 19.6. The van der Waals surface area contributed by atoms with Gasteiger partial charge < -0.3 is 5.11 Å². The number of phenolic OH excluding ortho intramolecular Hbond substituents is 1. The molecule has 0 bridgehead atoms. The number of carbonyl (C=O) groups excluding carboxylic acids is 1. The molecule has 1 amide bonds. The van der Waals surface area contributed by atoms with E-state index in [1.165, 1.54) is 24.4 Å². The molecule has 1 N–H and O–H groups in total. The molecule has 0 unspecified atom stereocenters. The lowest BCUT2D eigenvalue weighted by atomic mass is 10.1. The highest BCUT2D eigenvalue weighted by molar-refractivity contribution is 8.26. The van der Waals surface area contributed by atoms with Gasteiger partial charge in [-0.1, -0.05) is 36.0 Å². The first-order chi connectivity index (χ1) is 12.9. The Morgan fingerprint density at radius 2 is 2.00 bits per heavy atom. The summed E-state index contributed by atoms with van der Waals surface area (Å²) in [5.74, 6) is -0.584. The summed E-state index contributed by atoms with van der Waals surface area (Å²) in [5.41, 5.74) is 1.84. The molecular weight excluding hydrogens is 386 g/mol. The number of aryl methyl sites for hydroxylation is 1. The van der Waals surface area contributed by atoms with E-state index < -0.39 is 10.8 Å². The SMILES string of the molecule is Cc1ccccc1/C=C1\SC(=S)N(/N=C/c2cc([N+](=O)[O-])ccc2O)C1=O. The minimum absolute atomic E-state index is 0.112. The molecule has 7 nitrogen and oxygen atoms in total. The summed E-state index contributed by atoms with van der Waals surface area (Å²) in [6.45, 7) is 1.94. The maximum Gasteiger partial charge on any atom is 0.286 e. The van der Waals surface area contributed by atoms with E-state index in [0.717, 1.165) is 27.9 Å². The number of benzene rings is 2. The maximum atomic E-state index is 12.6. The van der Waals surface area contributed by atoms with Gasteiger partial charge in [-0.05, 0) is 42.4 Å². The fraction of sp³-hybridized carbons (Fsp3) is 0.0556. The number of rotatable bonds is 4. The molecule has 1 aliphatic heterocycles. The molecule has 1 heterocycles. The lowest BCUT2D eigenvalue weighted by molar-refractivity contribution is -0.384. The standard InChI is InChI=1S/C18H13N3O4S2/c1-11-4-2-3-5-12(11)9-16-17(23)20(18(26)27-16)19-10-13-8-14(21(24)25)6-7-15(13)22/h2-10,22H,1H3/b16-9-,19-10+. The predicted molar refractivity (Wildman–Crippen MR) is 109 cm³/mol. The molecule has 136 valence electrons. The third kappa shape index (κ3) is 4.04. The quantitative estimate of drug-likeness (QED) is 0.276. The maximum absolute atomic E-state index is 12.6. The minimum atomic E-state index is -0.582. The van der Waals surface area contributed by atoms with Crippen molar-refractivity contribution in [2.24, 2.45) is 5.10 Å². The van der Waals surface area contributed by atoms with Crippen LogP contribution in [0, 0.1) is 17.0 Å². The third-order valence-electron chi connectivity index (χ3n) is 3.78. The van der Waals surface area contributed by atoms with E-state index in [-0.39, 0.29) is 21.3 Å². The monoisotopic (exact) mass is 399 g/mol. The average Bonchev–Trinajstić information content (AvgIpc) is 2.89. The Balaban J connectivity index is 1.86. The number of aromatic hydroxyl groups is 1. The van der Waals surface area contributed by atoms with Crippen LogP contribution in [0.25, 0.3) is 6.08 Å². The summed E-state index contributed by atoms with van der Waals surface area (Å²) in [4.78, 5) is 23.3. The van der Waals surface area contributed by atoms with Crippen LogP contribution in [0.15, 0.2) is 52.5 Å². The Bertz CT molecular complexity index is 1020. The number of carbonyl (C=O) groups is 1. The van der Waals surface area contributed by atoms with Gasteiger partial charge in [0.15, 0.2) is 4.32 Å². The van der Waals surface area contributed by atoms with Gasteiger partial charge in [0.2, 0.25) is 0 Å². The molecule has 27 heavy (non-hydrogen) atoms. The topological polar surface area (TPSA) is 96.0 Å². The van der Waals surface area contributed by atoms with E-state index >= 15 is 0 Å². The van der Waals surface area contributed by atoms with Crippen molar-refractivity contribution in [2.45, 2.75) is 6.92 Å². The summed E-state index contributed by atoms with van der Waals surface area (Å²) in [6, 6.07) is 11.2. The van der Waals surface area contributed by atoms with Gasteiger partial charge in [0.25, 0.3) is 11.6 Å². The highest BCUT2D eigenvalue weighted by atomic mass is 32.2. The van der Waals surface area contributed by atoms with Crippen molar-refractivity contribution >= 4 is 52.2 Å². The van der Waals surface area contributed by atoms with Crippen molar-refractivity contribution in [1.29, 1.82) is 0 Å². The van der Waals surface area contributed by atoms with Gasteiger partial charge in [-0.25, -0.2) is 0 Å². The van der Waals surface area contributed by atoms with Crippen LogP contribution in [-0.4, -0.2) is 31.5 Å². The fourth-order valence-electron chi connectivity index (χ4n) is 2.33. The lowest BCUT2D eigenvalue weighted by Gasteiger charge is -2.06. The Hall–Kier alpha value is -3.04. The molecule has 2 aromatic rings. The molecule has 0 saturated carbocycles. The van der Waals surface area contributed by atoms with Crippen LogP contribution in [0.1, 0.15) is 16.7 Å². The van der Waals surface area contributed by atoms with E-state index in [1.54, 1.807) is 6.08 Å². The number of hydrogen-bond acceptors (Lipinski definition) is 7. The van der Waals surface area contributed by atoms with Crippen LogP contribution in [0.5, 0.6) is 5.75 Å². The second kappa shape index (κ2) is 7.68. The van der Waals surface area contributed by atoms with Crippen LogP contribution >= 0.6 is 24.0 Å². The zero-order valence-electron chi connectivity index (χ0n) is 14.0. The Morgan fingerprint density at radius 3 is 2.70 bits per heavy atom. The first-order valence-corrected chi connectivity index (χ1v) is 8.94. The van der Waals surface area contributed by atoms with Gasteiger partial charge in [0.1, 0.15) is 5.75 Å². The number of thiocarbonyl (C=S) groups is 1. The summed E-state index contributed by atoms with van der Waals surface area (Å²) in [6.07, 6.45) is 2.92. The van der Waals surface area contributed by atoms with E-state index in [2.05, 4.69) is 5.10 Å². The van der Waals surface area contributed by atoms with E-state index in [4.69, 9.17) is 12.2 Å². The molecule has 0 aromatic heterocycles. The van der Waals surface area contributed by atoms with Crippen molar-refractivity contribution in [3.05, 3.63) is 74.2 Å². The first-order valence-electron chi connectivity index (χ1n) is 7.72. The Morgan fingerprint density at radius 1 is 1.26 bits per heavy atom. The molecule has 2 aromatic carbocycles. The normalized spacial score (nSPS) is 15.9. The van der Waals surface area contributed by atoms with Gasteiger partial charge >= 0.3 is 0 Å². The molecular formula is C18H13N3O4S2. The van der Waals surface area contributed by atoms with Crippen LogP contribution in [0.3, 0.4) is 0 Å². The lowest BCUT2D eigenvalue weighted by Crippen LogP contribution is -2.22. The smallest absolute Gasteiger partial charge is 0.286 e. The fourth-order valence-corrected chi connectivity index (χ4v) is 3.49. The number of non-ortho nitro benzene ring substituents is 1. The number of nitrogens with zero attached hydrogens (tertiary/aromatic N) is 3. The largest absolute Gasteiger partial charge is 0.507 e. The predicted octanol–water partition coefficient (Wildman–Crippen LogP) is 3.84. The molecule has 3 rings (SSSR count).